The molecule has 1 heterocycles. The van der Waals surface area contributed by atoms with Gasteiger partial charge in [0.2, 0.25) is 0 Å². The van der Waals surface area contributed by atoms with Crippen LogP contribution in [0.4, 0.5) is 0 Å². The molecule has 18 heavy (non-hydrogen) atoms. The SMILES string of the molecule is Brc1ccccc1CN(Cc1ccsc1)C1CC1. The minimum Gasteiger partial charge on any atom is -0.292 e. The zero-order chi connectivity index (χ0) is 12.4. The van der Waals surface area contributed by atoms with Crippen molar-refractivity contribution in [2.45, 2.75) is 32.0 Å². The second kappa shape index (κ2) is 5.55. The lowest BCUT2D eigenvalue weighted by Crippen LogP contribution is -2.24. The highest BCUT2D eigenvalue weighted by Gasteiger charge is 2.29. The lowest BCUT2D eigenvalue weighted by atomic mass is 10.2. The Bertz CT molecular complexity index is 505. The molecule has 94 valence electrons. The number of rotatable bonds is 5. The summed E-state index contributed by atoms with van der Waals surface area (Å²) in [5.41, 5.74) is 2.83. The minimum atomic E-state index is 0.789. The Kier molecular flexibility index (Phi) is 3.83. The third-order valence-electron chi connectivity index (χ3n) is 3.36. The van der Waals surface area contributed by atoms with Gasteiger partial charge in [0.25, 0.3) is 0 Å². The first kappa shape index (κ1) is 12.4. The molecule has 3 heteroatoms. The highest BCUT2D eigenvalue weighted by atomic mass is 79.9. The second-order valence-electron chi connectivity index (χ2n) is 4.86. The molecule has 0 spiro atoms. The summed E-state index contributed by atoms with van der Waals surface area (Å²) < 4.78 is 1.22. The molecule has 0 atom stereocenters. The summed E-state index contributed by atoms with van der Waals surface area (Å²) in [4.78, 5) is 2.60. The molecule has 0 unspecified atom stereocenters. The van der Waals surface area contributed by atoms with E-state index in [1.807, 2.05) is 0 Å². The molecule has 0 aliphatic heterocycles. The Morgan fingerprint density at radius 3 is 2.67 bits per heavy atom. The molecule has 1 aliphatic carbocycles. The van der Waals surface area contributed by atoms with Crippen LogP contribution >= 0.6 is 27.3 Å². The van der Waals surface area contributed by atoms with E-state index in [-0.39, 0.29) is 0 Å². The van der Waals surface area contributed by atoms with Crippen molar-refractivity contribution in [3.63, 3.8) is 0 Å². The van der Waals surface area contributed by atoms with E-state index in [0.29, 0.717) is 0 Å². The van der Waals surface area contributed by atoms with Crippen molar-refractivity contribution < 1.29 is 0 Å². The first-order valence-electron chi connectivity index (χ1n) is 6.31. The topological polar surface area (TPSA) is 3.24 Å². The van der Waals surface area contributed by atoms with Crippen molar-refractivity contribution in [3.8, 4) is 0 Å². The molecule has 1 saturated carbocycles. The molecule has 0 radical (unpaired) electrons. The zero-order valence-electron chi connectivity index (χ0n) is 10.2. The molecule has 2 aromatic rings. The van der Waals surface area contributed by atoms with Crippen LogP contribution in [0.25, 0.3) is 0 Å². The number of hydrogen-bond acceptors (Lipinski definition) is 2. The van der Waals surface area contributed by atoms with Gasteiger partial charge in [0.05, 0.1) is 0 Å². The summed E-state index contributed by atoms with van der Waals surface area (Å²) in [7, 11) is 0. The van der Waals surface area contributed by atoms with Crippen LogP contribution in [0.2, 0.25) is 0 Å². The highest BCUT2D eigenvalue weighted by molar-refractivity contribution is 9.10. The maximum Gasteiger partial charge on any atom is 0.0251 e. The normalized spacial score (nSPS) is 15.2. The molecule has 3 rings (SSSR count). The first-order valence-corrected chi connectivity index (χ1v) is 8.05. The lowest BCUT2D eigenvalue weighted by Gasteiger charge is -2.22. The molecule has 0 amide bonds. The number of hydrogen-bond donors (Lipinski definition) is 0. The fourth-order valence-corrected chi connectivity index (χ4v) is 3.29. The summed E-state index contributed by atoms with van der Waals surface area (Å²) in [6, 6.07) is 11.6. The Labute approximate surface area is 121 Å². The van der Waals surface area contributed by atoms with Crippen molar-refractivity contribution in [2.75, 3.05) is 0 Å². The van der Waals surface area contributed by atoms with E-state index in [1.54, 1.807) is 11.3 Å². The fraction of sp³-hybridized carbons (Fsp3) is 0.333. The summed E-state index contributed by atoms with van der Waals surface area (Å²) in [5, 5.41) is 4.42. The standard InChI is InChI=1S/C15H16BrNS/c16-15-4-2-1-3-13(15)10-17(14-5-6-14)9-12-7-8-18-11-12/h1-4,7-8,11,14H,5-6,9-10H2. The third kappa shape index (κ3) is 3.02. The Balaban J connectivity index is 1.73. The fourth-order valence-electron chi connectivity index (χ4n) is 2.22. The van der Waals surface area contributed by atoms with Crippen LogP contribution in [0.5, 0.6) is 0 Å². The third-order valence-corrected chi connectivity index (χ3v) is 4.87. The van der Waals surface area contributed by atoms with Crippen LogP contribution in [0.3, 0.4) is 0 Å². The zero-order valence-corrected chi connectivity index (χ0v) is 12.6. The summed E-state index contributed by atoms with van der Waals surface area (Å²) in [5.74, 6) is 0. The van der Waals surface area contributed by atoms with E-state index in [0.717, 1.165) is 19.1 Å². The Morgan fingerprint density at radius 2 is 2.00 bits per heavy atom. The van der Waals surface area contributed by atoms with Crippen LogP contribution < -0.4 is 0 Å². The van der Waals surface area contributed by atoms with Gasteiger partial charge in [0, 0.05) is 23.6 Å². The maximum absolute atomic E-state index is 3.65. The van der Waals surface area contributed by atoms with Gasteiger partial charge >= 0.3 is 0 Å². The maximum atomic E-state index is 3.65. The van der Waals surface area contributed by atoms with Gasteiger partial charge in [-0.25, -0.2) is 0 Å². The van der Waals surface area contributed by atoms with Gasteiger partial charge in [-0.05, 0) is 46.9 Å². The van der Waals surface area contributed by atoms with Crippen molar-refractivity contribution in [1.29, 1.82) is 0 Å². The molecule has 1 aromatic heterocycles. The van der Waals surface area contributed by atoms with Crippen LogP contribution in [0.15, 0.2) is 45.6 Å². The molecule has 1 aromatic carbocycles. The van der Waals surface area contributed by atoms with E-state index in [1.165, 1.54) is 28.4 Å². The molecule has 1 aliphatic rings. The molecule has 1 nitrogen and oxygen atoms in total. The molecule has 0 saturated heterocycles. The van der Waals surface area contributed by atoms with E-state index in [2.05, 4.69) is 61.9 Å². The van der Waals surface area contributed by atoms with E-state index >= 15 is 0 Å². The highest BCUT2D eigenvalue weighted by Crippen LogP contribution is 2.31. The van der Waals surface area contributed by atoms with Crippen molar-refractivity contribution >= 4 is 27.3 Å². The van der Waals surface area contributed by atoms with Crippen LogP contribution in [0, 0.1) is 0 Å². The molecular formula is C15H16BrNS. The van der Waals surface area contributed by atoms with Crippen LogP contribution in [-0.2, 0) is 13.1 Å². The van der Waals surface area contributed by atoms with Gasteiger partial charge in [0.1, 0.15) is 0 Å². The van der Waals surface area contributed by atoms with Gasteiger partial charge in [-0.2, -0.15) is 11.3 Å². The largest absolute Gasteiger partial charge is 0.292 e. The van der Waals surface area contributed by atoms with Gasteiger partial charge in [-0.15, -0.1) is 0 Å². The Hall–Kier alpha value is -0.640. The van der Waals surface area contributed by atoms with Crippen molar-refractivity contribution in [1.82, 2.24) is 4.90 Å². The summed E-state index contributed by atoms with van der Waals surface area (Å²) >= 11 is 5.43. The molecule has 0 bridgehead atoms. The Morgan fingerprint density at radius 1 is 1.17 bits per heavy atom. The van der Waals surface area contributed by atoms with E-state index < -0.39 is 0 Å². The van der Waals surface area contributed by atoms with Gasteiger partial charge in [-0.3, -0.25) is 4.90 Å². The predicted molar refractivity (Wildman–Crippen MR) is 80.7 cm³/mol. The summed E-state index contributed by atoms with van der Waals surface area (Å²) in [6.45, 7) is 2.12. The quantitative estimate of drug-likeness (QED) is 0.773. The van der Waals surface area contributed by atoms with Crippen LogP contribution in [-0.4, -0.2) is 10.9 Å². The molecule has 0 N–H and O–H groups in total. The lowest BCUT2D eigenvalue weighted by molar-refractivity contribution is 0.245. The van der Waals surface area contributed by atoms with E-state index in [4.69, 9.17) is 0 Å². The van der Waals surface area contributed by atoms with Crippen molar-refractivity contribution in [3.05, 3.63) is 56.7 Å². The number of halogens is 1. The number of thiophene rings is 1. The van der Waals surface area contributed by atoms with Crippen molar-refractivity contribution in [2.24, 2.45) is 0 Å². The second-order valence-corrected chi connectivity index (χ2v) is 6.49. The predicted octanol–water partition coefficient (Wildman–Crippen LogP) is 4.68. The van der Waals surface area contributed by atoms with E-state index in [9.17, 15) is 0 Å². The van der Waals surface area contributed by atoms with Gasteiger partial charge in [0.15, 0.2) is 0 Å². The van der Waals surface area contributed by atoms with Gasteiger partial charge < -0.3 is 0 Å². The first-order chi connectivity index (χ1) is 8.83. The summed E-state index contributed by atoms with van der Waals surface area (Å²) in [6.07, 6.45) is 2.71. The minimum absolute atomic E-state index is 0.789. The van der Waals surface area contributed by atoms with Crippen LogP contribution in [0.1, 0.15) is 24.0 Å². The smallest absolute Gasteiger partial charge is 0.0251 e. The monoisotopic (exact) mass is 321 g/mol. The molecular weight excluding hydrogens is 306 g/mol. The molecule has 1 fully saturated rings. The van der Waals surface area contributed by atoms with Gasteiger partial charge in [-0.1, -0.05) is 34.1 Å². The number of benzene rings is 1. The number of nitrogens with zero attached hydrogens (tertiary/aromatic N) is 1. The average molecular weight is 322 g/mol. The average Bonchev–Trinajstić information content (AvgIpc) is 3.10.